The van der Waals surface area contributed by atoms with Crippen LogP contribution in [-0.2, 0) is 86.5 Å². The van der Waals surface area contributed by atoms with E-state index in [1.165, 1.54) is 0 Å². The fourth-order valence-corrected chi connectivity index (χ4v) is 0. The van der Waals surface area contributed by atoms with Crippen LogP contribution in [0.15, 0.2) is 0 Å². The van der Waals surface area contributed by atoms with E-state index in [0.29, 0.717) is 0 Å². The van der Waals surface area contributed by atoms with Crippen molar-refractivity contribution in [1.82, 2.24) is 0 Å². The summed E-state index contributed by atoms with van der Waals surface area (Å²) >= 11 is 0. The van der Waals surface area contributed by atoms with Gasteiger partial charge in [-0.3, -0.25) is 0 Å². The fraction of sp³-hybridized carbons (Fsp3) is 0. The molecule has 4 heteroatoms. The second-order valence-electron chi connectivity index (χ2n) is 0. The van der Waals surface area contributed by atoms with Gasteiger partial charge in [-0.1, -0.05) is 0 Å². The maximum atomic E-state index is 0. The molecule has 0 aromatic rings. The summed E-state index contributed by atoms with van der Waals surface area (Å²) in [5, 5.41) is 0. The van der Waals surface area contributed by atoms with Crippen molar-refractivity contribution in [1.29, 1.82) is 0 Å². The minimum atomic E-state index is 0. The van der Waals surface area contributed by atoms with Gasteiger partial charge in [-0.2, -0.15) is 0 Å². The van der Waals surface area contributed by atoms with E-state index in [2.05, 4.69) is 0 Å². The molecule has 0 aliphatic heterocycles. The van der Waals surface area contributed by atoms with Crippen LogP contribution >= 0.6 is 0 Å². The first-order valence-corrected chi connectivity index (χ1v) is 0. The van der Waals surface area contributed by atoms with Gasteiger partial charge in [-0.25, -0.2) is 0 Å². The Bertz CT molecular complexity index is 3.25. The largest absolute Gasteiger partial charge is 0 e. The molecule has 4 heavy (non-hydrogen) atoms. The zero-order valence-electron chi connectivity index (χ0n) is 1.50. The van der Waals surface area contributed by atoms with Crippen molar-refractivity contribution in [2.24, 2.45) is 0 Å². The van der Waals surface area contributed by atoms with Crippen LogP contribution in [0.3, 0.4) is 0 Å². The second kappa shape index (κ2) is 17.0. The fourth-order valence-electron chi connectivity index (χ4n) is 0. The molecule has 3 radical (unpaired) electrons. The van der Waals surface area contributed by atoms with Crippen molar-refractivity contribution in [3.8, 4) is 0 Å². The van der Waals surface area contributed by atoms with Crippen molar-refractivity contribution in [3.05, 3.63) is 0 Å². The van der Waals surface area contributed by atoms with Gasteiger partial charge in [0.1, 0.15) is 0 Å². The molecule has 0 atom stereocenters. The molecular weight excluding hydrogens is 668 g/mol. The summed E-state index contributed by atoms with van der Waals surface area (Å²) in [5.74, 6) is 0. The topological polar surface area (TPSA) is 0 Å². The van der Waals surface area contributed by atoms with E-state index in [4.69, 9.17) is 0 Å². The maximum Gasteiger partial charge on any atom is 0 e. The molecule has 31 valence electrons. The molecule has 0 spiro atoms. The molecule has 0 saturated carbocycles. The summed E-state index contributed by atoms with van der Waals surface area (Å²) in [6.07, 6.45) is 0. The summed E-state index contributed by atoms with van der Waals surface area (Å²) in [4.78, 5) is 0. The molecule has 0 saturated heterocycles. The third kappa shape index (κ3) is 8.85. The van der Waals surface area contributed by atoms with Crippen molar-refractivity contribution >= 4 is 0 Å². The summed E-state index contributed by atoms with van der Waals surface area (Å²) in [5.41, 5.74) is 0. The van der Waals surface area contributed by atoms with E-state index < -0.39 is 0 Å². The van der Waals surface area contributed by atoms with Crippen LogP contribution in [0, 0.1) is 0 Å². The maximum absolute atomic E-state index is 0. The molecule has 0 aromatic carbocycles. The molecule has 0 aliphatic carbocycles. The van der Waals surface area contributed by atoms with Crippen molar-refractivity contribution < 1.29 is 86.5 Å². The van der Waals surface area contributed by atoms with Gasteiger partial charge in [0.05, 0.1) is 0 Å². The van der Waals surface area contributed by atoms with E-state index in [1.54, 1.807) is 0 Å². The third-order valence-corrected chi connectivity index (χ3v) is 0. The molecule has 0 aliphatic rings. The van der Waals surface area contributed by atoms with Crippen LogP contribution in [0.4, 0.5) is 0 Å². The molecule has 0 amide bonds. The Morgan fingerprint density at radius 3 is 0.500 bits per heavy atom. The van der Waals surface area contributed by atoms with Crippen LogP contribution in [0.25, 0.3) is 0 Å². The average Bonchev–Trinajstić information content (AvgIpc) is 0. The van der Waals surface area contributed by atoms with Crippen molar-refractivity contribution in [3.63, 3.8) is 0 Å². The average molecular weight is 668 g/mol. The molecule has 0 aromatic heterocycles. The van der Waals surface area contributed by atoms with Crippen LogP contribution in [0.5, 0.6) is 0 Å². The zero-order valence-corrected chi connectivity index (χ0v) is 11.1. The summed E-state index contributed by atoms with van der Waals surface area (Å²) in [6, 6.07) is 0. The minimum absolute atomic E-state index is 0. The van der Waals surface area contributed by atoms with E-state index in [-0.39, 0.29) is 86.5 Å². The summed E-state index contributed by atoms with van der Waals surface area (Å²) < 4.78 is 0. The van der Waals surface area contributed by atoms with Gasteiger partial charge in [-0.15, -0.1) is 0 Å². The van der Waals surface area contributed by atoms with Gasteiger partial charge in [0.15, 0.2) is 0 Å². The van der Waals surface area contributed by atoms with Gasteiger partial charge < -0.3 is 0 Å². The number of hydrogen-bond donors (Lipinski definition) is 0. The smallest absolute Gasteiger partial charge is 0 e. The first-order chi connectivity index (χ1) is 0. The Kier molecular flexibility index (Phi) is 123. The van der Waals surface area contributed by atoms with Crippen LogP contribution < -0.4 is 0 Å². The van der Waals surface area contributed by atoms with Crippen molar-refractivity contribution in [2.75, 3.05) is 0 Å². The molecule has 0 fully saturated rings. The van der Waals surface area contributed by atoms with Gasteiger partial charge in [0.2, 0.25) is 0 Å². The number of hydrogen-bond acceptors (Lipinski definition) is 0. The number of rotatable bonds is 0. The van der Waals surface area contributed by atoms with Gasteiger partial charge >= 0.3 is 0 Å². The Morgan fingerprint density at radius 2 is 0.500 bits per heavy atom. The van der Waals surface area contributed by atoms with Gasteiger partial charge in [0.25, 0.3) is 0 Å². The normalized spacial score (nSPS) is 0. The van der Waals surface area contributed by atoms with E-state index in [0.717, 1.165) is 0 Å². The Hall–Kier alpha value is 2.83. The Morgan fingerprint density at radius 1 is 0.500 bits per heavy atom. The standard InChI is InChI=1S/3Ir.Zr. The monoisotopic (exact) mass is 669 g/mol. The first kappa shape index (κ1) is 29.0. The van der Waals surface area contributed by atoms with Crippen LogP contribution in [-0.4, -0.2) is 0 Å². The molecule has 0 unspecified atom stereocenters. The second-order valence-corrected chi connectivity index (χ2v) is 0. The van der Waals surface area contributed by atoms with Gasteiger partial charge in [-0.05, 0) is 0 Å². The molecule has 0 heterocycles. The SMILES string of the molecule is [Ir].[Ir].[Ir].[Zr]. The molecule has 0 N–H and O–H groups in total. The van der Waals surface area contributed by atoms with E-state index >= 15 is 0 Å². The summed E-state index contributed by atoms with van der Waals surface area (Å²) in [7, 11) is 0. The zero-order chi connectivity index (χ0) is 0. The summed E-state index contributed by atoms with van der Waals surface area (Å²) in [6.45, 7) is 0. The first-order valence-electron chi connectivity index (χ1n) is 0. The molecule has 0 bridgehead atoms. The van der Waals surface area contributed by atoms with Crippen molar-refractivity contribution in [2.45, 2.75) is 0 Å². The van der Waals surface area contributed by atoms with Crippen LogP contribution in [0.1, 0.15) is 0 Å². The predicted molar refractivity (Wildman–Crippen MR) is 0 cm³/mol. The third-order valence-electron chi connectivity index (χ3n) is 0. The molecule has 0 nitrogen and oxygen atoms in total. The van der Waals surface area contributed by atoms with E-state index in [1.807, 2.05) is 0 Å². The molecule has 0 rings (SSSR count). The Labute approximate surface area is 85.1 Å². The quantitative estimate of drug-likeness (QED) is 0.342. The molecular formula is Ir3Zr. The van der Waals surface area contributed by atoms with Crippen LogP contribution in [0.2, 0.25) is 0 Å². The van der Waals surface area contributed by atoms with E-state index in [9.17, 15) is 0 Å². The predicted octanol–water partition coefficient (Wildman–Crippen LogP) is -0.0100. The van der Waals surface area contributed by atoms with Gasteiger partial charge in [0, 0.05) is 86.5 Å². The Balaban J connectivity index is 0. The minimum Gasteiger partial charge on any atom is 0 e.